The van der Waals surface area contributed by atoms with Crippen LogP contribution in [0.25, 0.3) is 11.4 Å². The lowest BCUT2D eigenvalue weighted by molar-refractivity contribution is 0.340. The molecule has 2 heterocycles. The maximum absolute atomic E-state index is 12.1. The largest absolute Gasteiger partial charge is 0.493 e. The van der Waals surface area contributed by atoms with Crippen molar-refractivity contribution in [3.63, 3.8) is 0 Å². The second kappa shape index (κ2) is 6.67. The Kier molecular flexibility index (Phi) is 4.63. The van der Waals surface area contributed by atoms with Gasteiger partial charge in [0.2, 0.25) is 11.7 Å². The fourth-order valence-corrected chi connectivity index (χ4v) is 4.08. The Morgan fingerprint density at radius 2 is 2.22 bits per heavy atom. The van der Waals surface area contributed by atoms with Gasteiger partial charge in [0, 0.05) is 19.5 Å². The van der Waals surface area contributed by atoms with Gasteiger partial charge in [-0.25, -0.2) is 8.42 Å². The summed E-state index contributed by atoms with van der Waals surface area (Å²) in [7, 11) is -3.11. The number of hydrogen-bond donors (Lipinski definition) is 1. The number of benzene rings is 1. The van der Waals surface area contributed by atoms with Crippen LogP contribution in [0.2, 0.25) is 0 Å². The van der Waals surface area contributed by atoms with Crippen LogP contribution in [0.3, 0.4) is 0 Å². The van der Waals surface area contributed by atoms with Crippen LogP contribution in [-0.2, 0) is 16.3 Å². The third-order valence-corrected chi connectivity index (χ3v) is 5.86. The Morgan fingerprint density at radius 3 is 3.00 bits per heavy atom. The van der Waals surface area contributed by atoms with E-state index >= 15 is 0 Å². The average Bonchev–Trinajstić information content (AvgIpc) is 2.99. The second-order valence-electron chi connectivity index (χ2n) is 5.34. The zero-order valence-corrected chi connectivity index (χ0v) is 13.7. The molecule has 7 nitrogen and oxygen atoms in total. The Morgan fingerprint density at radius 1 is 1.39 bits per heavy atom. The fraction of sp³-hybridized carbons (Fsp3) is 0.467. The highest BCUT2D eigenvalue weighted by Crippen LogP contribution is 2.27. The van der Waals surface area contributed by atoms with Crippen LogP contribution in [0, 0.1) is 0 Å². The van der Waals surface area contributed by atoms with Gasteiger partial charge in [-0.1, -0.05) is 17.3 Å². The van der Waals surface area contributed by atoms with Crippen molar-refractivity contribution in [1.82, 2.24) is 15.5 Å². The minimum Gasteiger partial charge on any atom is -0.493 e. The number of sulfone groups is 1. The summed E-state index contributed by atoms with van der Waals surface area (Å²) >= 11 is 0. The number of nitrogens with zero attached hydrogens (tertiary/aromatic N) is 2. The highest BCUT2D eigenvalue weighted by atomic mass is 32.2. The average molecular weight is 337 g/mol. The third-order valence-electron chi connectivity index (χ3n) is 3.74. The lowest BCUT2D eigenvalue weighted by atomic mass is 10.2. The molecule has 0 saturated carbocycles. The van der Waals surface area contributed by atoms with E-state index in [1.165, 1.54) is 0 Å². The first-order valence-electron chi connectivity index (χ1n) is 7.57. The summed E-state index contributed by atoms with van der Waals surface area (Å²) in [6, 6.07) is 7.42. The van der Waals surface area contributed by atoms with E-state index in [9.17, 15) is 8.42 Å². The van der Waals surface area contributed by atoms with Gasteiger partial charge in [-0.3, -0.25) is 0 Å². The van der Waals surface area contributed by atoms with E-state index in [4.69, 9.17) is 9.26 Å². The zero-order valence-electron chi connectivity index (χ0n) is 12.9. The van der Waals surface area contributed by atoms with Crippen molar-refractivity contribution >= 4 is 9.84 Å². The summed E-state index contributed by atoms with van der Waals surface area (Å²) in [4.78, 5) is 4.33. The first-order chi connectivity index (χ1) is 11.1. The minimum absolute atomic E-state index is 0.145. The second-order valence-corrected chi connectivity index (χ2v) is 7.74. The molecule has 0 bridgehead atoms. The van der Waals surface area contributed by atoms with Crippen LogP contribution >= 0.6 is 0 Å². The van der Waals surface area contributed by atoms with E-state index in [1.807, 2.05) is 31.2 Å². The number of rotatable bonds is 5. The maximum atomic E-state index is 12.1. The first-order valence-corrected chi connectivity index (χ1v) is 9.29. The fourth-order valence-electron chi connectivity index (χ4n) is 2.54. The summed E-state index contributed by atoms with van der Waals surface area (Å²) < 4.78 is 34.9. The molecule has 1 fully saturated rings. The smallest absolute Gasteiger partial charge is 0.228 e. The van der Waals surface area contributed by atoms with Gasteiger partial charge in [0.05, 0.1) is 23.2 Å². The van der Waals surface area contributed by atoms with E-state index in [0.29, 0.717) is 37.2 Å². The summed E-state index contributed by atoms with van der Waals surface area (Å²) in [6.07, 6.45) is 0.221. The quantitative estimate of drug-likeness (QED) is 0.872. The molecule has 1 unspecified atom stereocenters. The molecule has 1 atom stereocenters. The van der Waals surface area contributed by atoms with Gasteiger partial charge in [0.25, 0.3) is 0 Å². The summed E-state index contributed by atoms with van der Waals surface area (Å²) in [5.74, 6) is 1.55. The van der Waals surface area contributed by atoms with Crippen molar-refractivity contribution in [3.8, 4) is 17.1 Å². The molecular formula is C15H19N3O4S. The first kappa shape index (κ1) is 15.9. The van der Waals surface area contributed by atoms with Gasteiger partial charge < -0.3 is 14.6 Å². The number of aromatic nitrogens is 2. The maximum Gasteiger partial charge on any atom is 0.228 e. The molecular weight excluding hydrogens is 318 g/mol. The lowest BCUT2D eigenvalue weighted by Gasteiger charge is -2.21. The predicted molar refractivity (Wildman–Crippen MR) is 85.1 cm³/mol. The van der Waals surface area contributed by atoms with Crippen LogP contribution in [0.5, 0.6) is 5.75 Å². The highest BCUT2D eigenvalue weighted by Gasteiger charge is 2.30. The Hall–Kier alpha value is -1.93. The van der Waals surface area contributed by atoms with Gasteiger partial charge in [-0.15, -0.1) is 0 Å². The minimum atomic E-state index is -3.11. The van der Waals surface area contributed by atoms with E-state index < -0.39 is 15.1 Å². The molecule has 1 N–H and O–H groups in total. The van der Waals surface area contributed by atoms with Crippen molar-refractivity contribution in [3.05, 3.63) is 30.2 Å². The van der Waals surface area contributed by atoms with Crippen LogP contribution in [0.1, 0.15) is 12.8 Å². The SMILES string of the molecule is CCOc1ccccc1-c1noc(CC2CNCCS2(=O)=O)n1. The van der Waals surface area contributed by atoms with Gasteiger partial charge in [-0.2, -0.15) is 4.98 Å². The molecule has 2 aromatic rings. The normalized spacial score (nSPS) is 20.3. The molecule has 1 aliphatic heterocycles. The van der Waals surface area contributed by atoms with Crippen LogP contribution < -0.4 is 10.1 Å². The molecule has 23 heavy (non-hydrogen) atoms. The molecule has 8 heteroatoms. The number of para-hydroxylation sites is 1. The van der Waals surface area contributed by atoms with Crippen LogP contribution in [0.4, 0.5) is 0 Å². The lowest BCUT2D eigenvalue weighted by Crippen LogP contribution is -2.45. The van der Waals surface area contributed by atoms with E-state index in [2.05, 4.69) is 15.5 Å². The van der Waals surface area contributed by atoms with Crippen LogP contribution in [-0.4, -0.2) is 49.3 Å². The highest BCUT2D eigenvalue weighted by molar-refractivity contribution is 7.92. The van der Waals surface area contributed by atoms with Crippen molar-refractivity contribution < 1.29 is 17.7 Å². The van der Waals surface area contributed by atoms with Gasteiger partial charge in [0.1, 0.15) is 5.75 Å². The summed E-state index contributed by atoms with van der Waals surface area (Å²) in [5.41, 5.74) is 0.731. The monoisotopic (exact) mass is 337 g/mol. The molecule has 1 aromatic heterocycles. The van der Waals surface area contributed by atoms with Crippen molar-refractivity contribution in [2.75, 3.05) is 25.4 Å². The van der Waals surface area contributed by atoms with Crippen molar-refractivity contribution in [2.45, 2.75) is 18.6 Å². The molecule has 3 rings (SSSR count). The molecule has 1 saturated heterocycles. The molecule has 0 aliphatic carbocycles. The standard InChI is InChI=1S/C15H19N3O4S/c1-2-21-13-6-4-3-5-12(13)15-17-14(22-18-15)9-11-10-16-7-8-23(11,19)20/h3-6,11,16H,2,7-10H2,1H3. The third kappa shape index (κ3) is 3.53. The van der Waals surface area contributed by atoms with Crippen molar-refractivity contribution in [1.29, 1.82) is 0 Å². The van der Waals surface area contributed by atoms with Crippen LogP contribution in [0.15, 0.2) is 28.8 Å². The van der Waals surface area contributed by atoms with Crippen molar-refractivity contribution in [2.24, 2.45) is 0 Å². The molecule has 1 aromatic carbocycles. The van der Waals surface area contributed by atoms with Gasteiger partial charge in [0.15, 0.2) is 9.84 Å². The summed E-state index contributed by atoms with van der Waals surface area (Å²) in [6.45, 7) is 3.35. The number of ether oxygens (including phenoxy) is 1. The van der Waals surface area contributed by atoms with E-state index in [0.717, 1.165) is 5.56 Å². The Labute approximate surface area is 135 Å². The number of hydrogen-bond acceptors (Lipinski definition) is 7. The Bertz CT molecular complexity index is 773. The molecule has 0 amide bonds. The Balaban J connectivity index is 1.81. The predicted octanol–water partition coefficient (Wildman–Crippen LogP) is 1.06. The topological polar surface area (TPSA) is 94.3 Å². The summed E-state index contributed by atoms with van der Waals surface area (Å²) in [5, 5.41) is 6.53. The molecule has 1 aliphatic rings. The van der Waals surface area contributed by atoms with E-state index in [1.54, 1.807) is 0 Å². The molecule has 0 radical (unpaired) electrons. The molecule has 124 valence electrons. The van der Waals surface area contributed by atoms with E-state index in [-0.39, 0.29) is 12.2 Å². The molecule has 0 spiro atoms. The zero-order chi connectivity index (χ0) is 16.3. The van der Waals surface area contributed by atoms with Gasteiger partial charge in [-0.05, 0) is 19.1 Å². The number of nitrogens with one attached hydrogen (secondary N) is 1. The van der Waals surface area contributed by atoms with Gasteiger partial charge >= 0.3 is 0 Å².